The van der Waals surface area contributed by atoms with Crippen molar-refractivity contribution in [2.45, 2.75) is 39.0 Å². The summed E-state index contributed by atoms with van der Waals surface area (Å²) in [6, 6.07) is 12.8. The maximum atomic E-state index is 13.8. The number of nitrogens with zero attached hydrogens (tertiary/aromatic N) is 1. The zero-order chi connectivity index (χ0) is 17.4. The number of ether oxygens (including phenoxy) is 1. The molecule has 0 unspecified atom stereocenters. The van der Waals surface area contributed by atoms with E-state index in [-0.39, 0.29) is 11.3 Å². The molecule has 0 saturated carbocycles. The standard InChI is InChI=1S/C20H20FNO2/c1-2-3-4-5-6-15-7-10-17(11-8-15)20(23)24-19-12-9-16(14-22)13-18(19)21/h7-13H,2-6H2,1H3. The molecule has 124 valence electrons. The topological polar surface area (TPSA) is 50.1 Å². The van der Waals surface area contributed by atoms with Crippen molar-refractivity contribution in [1.29, 1.82) is 5.26 Å². The van der Waals surface area contributed by atoms with Crippen LogP contribution in [0.5, 0.6) is 5.75 Å². The van der Waals surface area contributed by atoms with E-state index in [4.69, 9.17) is 10.00 Å². The lowest BCUT2D eigenvalue weighted by atomic mass is 10.0. The molecule has 0 spiro atoms. The lowest BCUT2D eigenvalue weighted by Crippen LogP contribution is -2.09. The molecule has 24 heavy (non-hydrogen) atoms. The smallest absolute Gasteiger partial charge is 0.343 e. The van der Waals surface area contributed by atoms with Gasteiger partial charge in [-0.15, -0.1) is 0 Å². The zero-order valence-corrected chi connectivity index (χ0v) is 13.7. The number of halogens is 1. The normalized spacial score (nSPS) is 10.2. The minimum absolute atomic E-state index is 0.178. The molecule has 0 saturated heterocycles. The minimum atomic E-state index is -0.727. The first-order valence-electron chi connectivity index (χ1n) is 8.15. The van der Waals surface area contributed by atoms with Gasteiger partial charge in [0.1, 0.15) is 0 Å². The van der Waals surface area contributed by atoms with Crippen molar-refractivity contribution < 1.29 is 13.9 Å². The molecular weight excluding hydrogens is 305 g/mol. The van der Waals surface area contributed by atoms with Crippen molar-refractivity contribution in [2.75, 3.05) is 0 Å². The summed E-state index contributed by atoms with van der Waals surface area (Å²) in [7, 11) is 0. The molecule has 0 atom stereocenters. The van der Waals surface area contributed by atoms with Gasteiger partial charge in [0.05, 0.1) is 17.2 Å². The molecule has 0 N–H and O–H groups in total. The number of rotatable bonds is 7. The molecule has 0 bridgehead atoms. The molecular formula is C20H20FNO2. The van der Waals surface area contributed by atoms with E-state index in [0.717, 1.165) is 18.9 Å². The van der Waals surface area contributed by atoms with Crippen LogP contribution in [0.15, 0.2) is 42.5 Å². The van der Waals surface area contributed by atoms with Gasteiger partial charge in [0, 0.05) is 0 Å². The molecule has 0 radical (unpaired) electrons. The number of hydrogen-bond acceptors (Lipinski definition) is 3. The summed E-state index contributed by atoms with van der Waals surface area (Å²) >= 11 is 0. The van der Waals surface area contributed by atoms with Crippen LogP contribution >= 0.6 is 0 Å². The van der Waals surface area contributed by atoms with Gasteiger partial charge < -0.3 is 4.74 Å². The first-order valence-corrected chi connectivity index (χ1v) is 8.15. The van der Waals surface area contributed by atoms with Crippen molar-refractivity contribution in [3.63, 3.8) is 0 Å². The van der Waals surface area contributed by atoms with Gasteiger partial charge in [-0.05, 0) is 48.7 Å². The number of benzene rings is 2. The molecule has 0 aliphatic rings. The molecule has 3 nitrogen and oxygen atoms in total. The lowest BCUT2D eigenvalue weighted by Gasteiger charge is -2.07. The quantitative estimate of drug-likeness (QED) is 0.407. The van der Waals surface area contributed by atoms with Gasteiger partial charge in [-0.25, -0.2) is 9.18 Å². The first-order chi connectivity index (χ1) is 11.6. The second-order valence-corrected chi connectivity index (χ2v) is 5.65. The van der Waals surface area contributed by atoms with Gasteiger partial charge in [-0.1, -0.05) is 38.3 Å². The van der Waals surface area contributed by atoms with Crippen LogP contribution in [-0.4, -0.2) is 5.97 Å². The van der Waals surface area contributed by atoms with Crippen LogP contribution < -0.4 is 4.74 Å². The second kappa shape index (κ2) is 8.83. The fourth-order valence-electron chi connectivity index (χ4n) is 2.38. The summed E-state index contributed by atoms with van der Waals surface area (Å²) in [5.41, 5.74) is 1.72. The largest absolute Gasteiger partial charge is 0.420 e. The monoisotopic (exact) mass is 325 g/mol. The van der Waals surface area contributed by atoms with E-state index < -0.39 is 11.8 Å². The van der Waals surface area contributed by atoms with E-state index >= 15 is 0 Å². The molecule has 2 aromatic carbocycles. The van der Waals surface area contributed by atoms with Crippen molar-refractivity contribution in [3.8, 4) is 11.8 Å². The van der Waals surface area contributed by atoms with Crippen LogP contribution in [0.4, 0.5) is 4.39 Å². The summed E-state index contributed by atoms with van der Waals surface area (Å²) in [5.74, 6) is -1.52. The summed E-state index contributed by atoms with van der Waals surface area (Å²) in [4.78, 5) is 12.1. The SMILES string of the molecule is CCCCCCc1ccc(C(=O)Oc2ccc(C#N)cc2F)cc1. The van der Waals surface area contributed by atoms with E-state index in [1.807, 2.05) is 18.2 Å². The third-order valence-corrected chi connectivity index (χ3v) is 3.77. The minimum Gasteiger partial charge on any atom is -0.420 e. The fraction of sp³-hybridized carbons (Fsp3) is 0.300. The van der Waals surface area contributed by atoms with Crippen LogP contribution in [0.2, 0.25) is 0 Å². The maximum Gasteiger partial charge on any atom is 0.343 e. The summed E-state index contributed by atoms with van der Waals surface area (Å²) < 4.78 is 18.8. The van der Waals surface area contributed by atoms with E-state index in [1.165, 1.54) is 37.0 Å². The molecule has 2 aromatic rings. The van der Waals surface area contributed by atoms with Gasteiger partial charge >= 0.3 is 5.97 Å². The molecule has 0 amide bonds. The number of carbonyl (C=O) groups excluding carboxylic acids is 1. The Labute approximate surface area is 141 Å². The van der Waals surface area contributed by atoms with E-state index in [2.05, 4.69) is 6.92 Å². The van der Waals surface area contributed by atoms with Crippen LogP contribution in [0, 0.1) is 17.1 Å². The highest BCUT2D eigenvalue weighted by molar-refractivity contribution is 5.91. The summed E-state index contributed by atoms with van der Waals surface area (Å²) in [6.07, 6.45) is 5.77. The third-order valence-electron chi connectivity index (χ3n) is 3.77. The van der Waals surface area contributed by atoms with E-state index in [0.29, 0.717) is 5.56 Å². The highest BCUT2D eigenvalue weighted by Gasteiger charge is 2.12. The van der Waals surface area contributed by atoms with Crippen LogP contribution in [0.25, 0.3) is 0 Å². The third kappa shape index (κ3) is 4.92. The van der Waals surface area contributed by atoms with Gasteiger partial charge in [-0.3, -0.25) is 0 Å². The fourth-order valence-corrected chi connectivity index (χ4v) is 2.38. The predicted octanol–water partition coefficient (Wildman–Crippen LogP) is 5.04. The lowest BCUT2D eigenvalue weighted by molar-refractivity contribution is 0.0728. The van der Waals surface area contributed by atoms with Crippen molar-refractivity contribution in [3.05, 3.63) is 65.0 Å². The van der Waals surface area contributed by atoms with Crippen LogP contribution in [-0.2, 0) is 6.42 Å². The Morgan fingerprint density at radius 2 is 1.88 bits per heavy atom. The summed E-state index contributed by atoms with van der Waals surface area (Å²) in [5, 5.41) is 8.71. The summed E-state index contributed by atoms with van der Waals surface area (Å²) in [6.45, 7) is 2.18. The first kappa shape index (κ1) is 17.7. The number of carbonyl (C=O) groups is 1. The van der Waals surface area contributed by atoms with Crippen molar-refractivity contribution in [1.82, 2.24) is 0 Å². The Morgan fingerprint density at radius 1 is 1.12 bits per heavy atom. The average molecular weight is 325 g/mol. The molecule has 0 fully saturated rings. The highest BCUT2D eigenvalue weighted by atomic mass is 19.1. The molecule has 0 aliphatic heterocycles. The van der Waals surface area contributed by atoms with E-state index in [9.17, 15) is 9.18 Å². The van der Waals surface area contributed by atoms with Gasteiger partial charge in [0.25, 0.3) is 0 Å². The number of nitriles is 1. The van der Waals surface area contributed by atoms with Crippen molar-refractivity contribution in [2.24, 2.45) is 0 Å². The Morgan fingerprint density at radius 3 is 2.50 bits per heavy atom. The molecule has 0 heterocycles. The predicted molar refractivity (Wildman–Crippen MR) is 90.4 cm³/mol. The number of aryl methyl sites for hydroxylation is 1. The molecule has 0 aliphatic carbocycles. The number of esters is 1. The van der Waals surface area contributed by atoms with Crippen LogP contribution in [0.3, 0.4) is 0 Å². The molecule has 4 heteroatoms. The second-order valence-electron chi connectivity index (χ2n) is 5.65. The Bertz CT molecular complexity index is 732. The zero-order valence-electron chi connectivity index (χ0n) is 13.7. The number of hydrogen-bond donors (Lipinski definition) is 0. The Hall–Kier alpha value is -2.67. The van der Waals surface area contributed by atoms with Crippen LogP contribution in [0.1, 0.15) is 54.1 Å². The molecule has 0 aromatic heterocycles. The maximum absolute atomic E-state index is 13.8. The molecule has 2 rings (SSSR count). The van der Waals surface area contributed by atoms with E-state index in [1.54, 1.807) is 12.1 Å². The average Bonchev–Trinajstić information content (AvgIpc) is 2.61. The van der Waals surface area contributed by atoms with Gasteiger partial charge in [-0.2, -0.15) is 5.26 Å². The highest BCUT2D eigenvalue weighted by Crippen LogP contribution is 2.20. The Kier molecular flexibility index (Phi) is 6.51. The van der Waals surface area contributed by atoms with Gasteiger partial charge in [0.2, 0.25) is 0 Å². The number of unbranched alkanes of at least 4 members (excludes halogenated alkanes) is 3. The van der Waals surface area contributed by atoms with Gasteiger partial charge in [0.15, 0.2) is 11.6 Å². The Balaban J connectivity index is 1.96. The van der Waals surface area contributed by atoms with Crippen molar-refractivity contribution >= 4 is 5.97 Å².